The Morgan fingerprint density at radius 3 is 2.35 bits per heavy atom. The van der Waals surface area contributed by atoms with Crippen LogP contribution in [0.4, 0.5) is 0 Å². The standard InChI is InChI=1S/C18H25N3O4S/c1-4-21(5-2)26(23,24)17-8-6-14(7-9-17)13(3)20-18(22)15-10-16(11-19)25-12-15/h6-10,12-13H,4-5,11,19H2,1-3H3,(H,20,22). The van der Waals surface area contributed by atoms with E-state index in [-0.39, 0.29) is 23.4 Å². The smallest absolute Gasteiger partial charge is 0.255 e. The van der Waals surface area contributed by atoms with E-state index in [2.05, 4.69) is 5.32 Å². The molecule has 0 spiro atoms. The largest absolute Gasteiger partial charge is 0.467 e. The van der Waals surface area contributed by atoms with Gasteiger partial charge in [-0.15, -0.1) is 0 Å². The van der Waals surface area contributed by atoms with Crippen LogP contribution in [0, 0.1) is 0 Å². The van der Waals surface area contributed by atoms with Crippen LogP contribution in [-0.4, -0.2) is 31.7 Å². The molecule has 0 aliphatic heterocycles. The number of amides is 1. The van der Waals surface area contributed by atoms with Crippen molar-refractivity contribution in [2.24, 2.45) is 5.73 Å². The normalized spacial score (nSPS) is 13.0. The Hall–Kier alpha value is -2.16. The summed E-state index contributed by atoms with van der Waals surface area (Å²) in [7, 11) is -3.49. The highest BCUT2D eigenvalue weighted by Gasteiger charge is 2.22. The van der Waals surface area contributed by atoms with E-state index in [1.54, 1.807) is 44.2 Å². The average Bonchev–Trinajstić information content (AvgIpc) is 3.12. The number of carbonyl (C=O) groups excluding carboxylic acids is 1. The molecule has 142 valence electrons. The maximum atomic E-state index is 12.5. The third-order valence-corrected chi connectivity index (χ3v) is 6.25. The molecule has 0 aliphatic rings. The number of sulfonamides is 1. The van der Waals surface area contributed by atoms with Gasteiger partial charge in [-0.25, -0.2) is 8.42 Å². The van der Waals surface area contributed by atoms with E-state index in [4.69, 9.17) is 10.2 Å². The Morgan fingerprint density at radius 2 is 1.85 bits per heavy atom. The molecule has 0 radical (unpaired) electrons. The first-order valence-corrected chi connectivity index (χ1v) is 9.95. The summed E-state index contributed by atoms with van der Waals surface area (Å²) in [5.74, 6) is 0.259. The van der Waals surface area contributed by atoms with Gasteiger partial charge >= 0.3 is 0 Å². The van der Waals surface area contributed by atoms with Gasteiger partial charge in [-0.1, -0.05) is 26.0 Å². The molecular formula is C18H25N3O4S. The topological polar surface area (TPSA) is 106 Å². The molecule has 1 aromatic carbocycles. The van der Waals surface area contributed by atoms with Crippen molar-refractivity contribution in [3.05, 3.63) is 53.5 Å². The molecule has 26 heavy (non-hydrogen) atoms. The molecule has 0 fully saturated rings. The first-order valence-electron chi connectivity index (χ1n) is 8.51. The van der Waals surface area contributed by atoms with Crippen LogP contribution < -0.4 is 11.1 Å². The van der Waals surface area contributed by atoms with Crippen LogP contribution in [0.2, 0.25) is 0 Å². The van der Waals surface area contributed by atoms with Gasteiger partial charge in [0.2, 0.25) is 10.0 Å². The van der Waals surface area contributed by atoms with Crippen molar-refractivity contribution >= 4 is 15.9 Å². The zero-order valence-electron chi connectivity index (χ0n) is 15.2. The fraction of sp³-hybridized carbons (Fsp3) is 0.389. The third-order valence-electron chi connectivity index (χ3n) is 4.19. The number of carbonyl (C=O) groups is 1. The lowest BCUT2D eigenvalue weighted by atomic mass is 10.1. The van der Waals surface area contributed by atoms with Crippen molar-refractivity contribution in [1.29, 1.82) is 0 Å². The van der Waals surface area contributed by atoms with Crippen LogP contribution in [0.1, 0.15) is 48.5 Å². The molecule has 0 aliphatic carbocycles. The second-order valence-electron chi connectivity index (χ2n) is 5.86. The Kier molecular flexibility index (Phi) is 6.57. The van der Waals surface area contributed by atoms with E-state index >= 15 is 0 Å². The lowest BCUT2D eigenvalue weighted by Crippen LogP contribution is -2.30. The van der Waals surface area contributed by atoms with E-state index in [1.165, 1.54) is 10.6 Å². The number of nitrogens with one attached hydrogen (secondary N) is 1. The molecule has 3 N–H and O–H groups in total. The van der Waals surface area contributed by atoms with E-state index in [1.807, 2.05) is 6.92 Å². The van der Waals surface area contributed by atoms with E-state index < -0.39 is 10.0 Å². The number of nitrogens with zero attached hydrogens (tertiary/aromatic N) is 1. The molecule has 1 unspecified atom stereocenters. The summed E-state index contributed by atoms with van der Waals surface area (Å²) >= 11 is 0. The van der Waals surface area contributed by atoms with Crippen LogP contribution in [0.3, 0.4) is 0 Å². The van der Waals surface area contributed by atoms with Gasteiger partial charge in [-0.05, 0) is 30.7 Å². The molecule has 8 heteroatoms. The summed E-state index contributed by atoms with van der Waals surface area (Å²) in [5.41, 5.74) is 6.67. The van der Waals surface area contributed by atoms with E-state index in [0.29, 0.717) is 24.4 Å². The second kappa shape index (κ2) is 8.48. The molecule has 7 nitrogen and oxygen atoms in total. The molecule has 2 rings (SSSR count). The molecule has 1 heterocycles. The van der Waals surface area contributed by atoms with Gasteiger partial charge in [-0.3, -0.25) is 4.79 Å². The number of hydrogen-bond acceptors (Lipinski definition) is 5. The van der Waals surface area contributed by atoms with Crippen LogP contribution in [0.25, 0.3) is 0 Å². The Bertz CT molecular complexity index is 840. The van der Waals surface area contributed by atoms with Gasteiger partial charge in [0.1, 0.15) is 12.0 Å². The minimum Gasteiger partial charge on any atom is -0.467 e. The van der Waals surface area contributed by atoms with Crippen LogP contribution in [0.15, 0.2) is 45.9 Å². The Labute approximate surface area is 154 Å². The summed E-state index contributed by atoms with van der Waals surface area (Å²) in [6.07, 6.45) is 1.37. The summed E-state index contributed by atoms with van der Waals surface area (Å²) in [6, 6.07) is 7.86. The third kappa shape index (κ3) is 4.32. The van der Waals surface area contributed by atoms with Crippen LogP contribution in [0.5, 0.6) is 0 Å². The average molecular weight is 379 g/mol. The maximum absolute atomic E-state index is 12.5. The van der Waals surface area contributed by atoms with Gasteiger partial charge in [0.25, 0.3) is 5.91 Å². The predicted molar refractivity (Wildman–Crippen MR) is 99.0 cm³/mol. The van der Waals surface area contributed by atoms with Crippen LogP contribution in [-0.2, 0) is 16.6 Å². The predicted octanol–water partition coefficient (Wildman–Crippen LogP) is 2.26. The van der Waals surface area contributed by atoms with Gasteiger partial charge < -0.3 is 15.5 Å². The summed E-state index contributed by atoms with van der Waals surface area (Å²) in [4.78, 5) is 12.5. The van der Waals surface area contributed by atoms with Gasteiger partial charge in [0, 0.05) is 13.1 Å². The van der Waals surface area contributed by atoms with Crippen LogP contribution >= 0.6 is 0 Å². The highest BCUT2D eigenvalue weighted by molar-refractivity contribution is 7.89. The second-order valence-corrected chi connectivity index (χ2v) is 7.80. The zero-order chi connectivity index (χ0) is 19.3. The fourth-order valence-electron chi connectivity index (χ4n) is 2.61. The molecule has 2 aromatic rings. The minimum absolute atomic E-state index is 0.227. The summed E-state index contributed by atoms with van der Waals surface area (Å²) < 4.78 is 31.6. The van der Waals surface area contributed by atoms with Crippen molar-refractivity contribution in [2.75, 3.05) is 13.1 Å². The molecule has 1 amide bonds. The molecular weight excluding hydrogens is 354 g/mol. The minimum atomic E-state index is -3.49. The lowest BCUT2D eigenvalue weighted by molar-refractivity contribution is 0.0939. The number of furan rings is 1. The molecule has 0 bridgehead atoms. The van der Waals surface area contributed by atoms with Gasteiger partial charge in [0.15, 0.2) is 0 Å². The van der Waals surface area contributed by atoms with Crippen molar-refractivity contribution in [2.45, 2.75) is 38.3 Å². The molecule has 1 atom stereocenters. The monoisotopic (exact) mass is 379 g/mol. The SMILES string of the molecule is CCN(CC)S(=O)(=O)c1ccc(C(C)NC(=O)c2coc(CN)c2)cc1. The van der Waals surface area contributed by atoms with Crippen molar-refractivity contribution < 1.29 is 17.6 Å². The van der Waals surface area contributed by atoms with Crippen molar-refractivity contribution in [3.8, 4) is 0 Å². The van der Waals surface area contributed by atoms with Gasteiger partial charge in [-0.2, -0.15) is 4.31 Å². The lowest BCUT2D eigenvalue weighted by Gasteiger charge is -2.19. The number of hydrogen-bond donors (Lipinski definition) is 2. The first kappa shape index (κ1) is 20.2. The molecule has 1 aromatic heterocycles. The molecule has 0 saturated heterocycles. The van der Waals surface area contributed by atoms with Gasteiger partial charge in [0.05, 0.1) is 23.0 Å². The molecule has 0 saturated carbocycles. The Morgan fingerprint density at radius 1 is 1.23 bits per heavy atom. The highest BCUT2D eigenvalue weighted by atomic mass is 32.2. The summed E-state index contributed by atoms with van der Waals surface area (Å²) in [6.45, 7) is 6.50. The number of benzene rings is 1. The Balaban J connectivity index is 2.11. The van der Waals surface area contributed by atoms with Crippen molar-refractivity contribution in [1.82, 2.24) is 9.62 Å². The summed E-state index contributed by atoms with van der Waals surface area (Å²) in [5, 5.41) is 2.85. The maximum Gasteiger partial charge on any atom is 0.255 e. The quantitative estimate of drug-likeness (QED) is 0.732. The van der Waals surface area contributed by atoms with E-state index in [0.717, 1.165) is 5.56 Å². The highest BCUT2D eigenvalue weighted by Crippen LogP contribution is 2.20. The first-order chi connectivity index (χ1) is 12.3. The number of nitrogens with two attached hydrogens (primary N) is 1. The fourth-order valence-corrected chi connectivity index (χ4v) is 4.07. The number of rotatable bonds is 8. The zero-order valence-corrected chi connectivity index (χ0v) is 16.0. The van der Waals surface area contributed by atoms with Crippen molar-refractivity contribution in [3.63, 3.8) is 0 Å². The van der Waals surface area contributed by atoms with E-state index in [9.17, 15) is 13.2 Å².